The fourth-order valence-electron chi connectivity index (χ4n) is 7.80. The first-order valence-corrected chi connectivity index (χ1v) is 17.4. The summed E-state index contributed by atoms with van der Waals surface area (Å²) in [6.07, 6.45) is 3.79. The zero-order chi connectivity index (χ0) is 34.2. The van der Waals surface area contributed by atoms with Crippen molar-refractivity contribution in [2.75, 3.05) is 0 Å². The predicted molar refractivity (Wildman–Crippen MR) is 213 cm³/mol. The number of furan rings is 1. The Kier molecular flexibility index (Phi) is 6.18. The van der Waals surface area contributed by atoms with E-state index in [2.05, 4.69) is 132 Å². The van der Waals surface area contributed by atoms with Gasteiger partial charge in [-0.15, -0.1) is 0 Å². The summed E-state index contributed by atoms with van der Waals surface area (Å²) in [5.41, 5.74) is 14.1. The van der Waals surface area contributed by atoms with Crippen molar-refractivity contribution >= 4 is 65.7 Å². The van der Waals surface area contributed by atoms with Crippen LogP contribution in [-0.4, -0.2) is 19.5 Å². The van der Waals surface area contributed by atoms with E-state index in [1.807, 2.05) is 42.7 Å². The van der Waals surface area contributed by atoms with Gasteiger partial charge in [-0.2, -0.15) is 0 Å². The molecule has 0 N–H and O–H groups in total. The number of nitrogens with zero attached hydrogens (tertiary/aromatic N) is 4. The van der Waals surface area contributed by atoms with Crippen molar-refractivity contribution in [3.05, 3.63) is 170 Å². The van der Waals surface area contributed by atoms with Crippen molar-refractivity contribution in [2.24, 2.45) is 0 Å². The van der Waals surface area contributed by atoms with Crippen molar-refractivity contribution in [3.8, 4) is 39.2 Å². The highest BCUT2D eigenvalue weighted by Gasteiger charge is 2.15. The molecule has 0 aliphatic rings. The Balaban J connectivity index is 0.948. The second-order valence-corrected chi connectivity index (χ2v) is 13.2. The van der Waals surface area contributed by atoms with Crippen LogP contribution in [0.15, 0.2) is 175 Å². The zero-order valence-corrected chi connectivity index (χ0v) is 27.9. The molecule has 242 valence electrons. The van der Waals surface area contributed by atoms with Gasteiger partial charge in [0.2, 0.25) is 0 Å². The Morgan fingerprint density at radius 3 is 1.88 bits per heavy atom. The van der Waals surface area contributed by atoms with Crippen molar-refractivity contribution in [1.82, 2.24) is 19.5 Å². The standard InChI is InChI=1S/C47H28N4O/c1-4-10-42-35(7-1)36-8-2-5-11-43(36)51(42)33-20-17-31(18-21-33)40-23-24-41-47(50-40)46-39(28-49-41)34(25-26-48-46)30-15-13-29(14-16-30)32-19-22-38-37-9-3-6-12-44(37)52-45(38)27-32/h1-28H. The molecule has 52 heavy (non-hydrogen) atoms. The first-order chi connectivity index (χ1) is 25.8. The Bertz CT molecular complexity index is 3120. The second-order valence-electron chi connectivity index (χ2n) is 13.2. The van der Waals surface area contributed by atoms with E-state index in [0.29, 0.717) is 0 Å². The number of fused-ring (bicyclic) bond motifs is 9. The molecule has 0 atom stereocenters. The van der Waals surface area contributed by atoms with Crippen LogP contribution in [0.25, 0.3) is 105 Å². The molecule has 5 heterocycles. The monoisotopic (exact) mass is 664 g/mol. The van der Waals surface area contributed by atoms with E-state index >= 15 is 0 Å². The lowest BCUT2D eigenvalue weighted by molar-refractivity contribution is 0.669. The highest BCUT2D eigenvalue weighted by molar-refractivity contribution is 6.10. The van der Waals surface area contributed by atoms with E-state index in [1.165, 1.54) is 21.8 Å². The number of aromatic nitrogens is 4. The smallest absolute Gasteiger partial charge is 0.136 e. The molecule has 0 aliphatic heterocycles. The van der Waals surface area contributed by atoms with Crippen LogP contribution >= 0.6 is 0 Å². The van der Waals surface area contributed by atoms with Gasteiger partial charge in [0, 0.05) is 50.6 Å². The highest BCUT2D eigenvalue weighted by atomic mass is 16.3. The molecule has 0 spiro atoms. The Labute approximate surface area is 298 Å². The summed E-state index contributed by atoms with van der Waals surface area (Å²) in [5, 5.41) is 5.74. The van der Waals surface area contributed by atoms with Gasteiger partial charge in [0.15, 0.2) is 0 Å². The average molecular weight is 665 g/mol. The van der Waals surface area contributed by atoms with Crippen LogP contribution < -0.4 is 0 Å². The molecule has 5 nitrogen and oxygen atoms in total. The van der Waals surface area contributed by atoms with Gasteiger partial charge in [-0.05, 0) is 82.9 Å². The van der Waals surface area contributed by atoms with Gasteiger partial charge < -0.3 is 8.98 Å². The molecule has 5 heteroatoms. The maximum Gasteiger partial charge on any atom is 0.136 e. The quantitative estimate of drug-likeness (QED) is 0.176. The van der Waals surface area contributed by atoms with Crippen LogP contribution in [0.4, 0.5) is 0 Å². The molecule has 11 rings (SSSR count). The summed E-state index contributed by atoms with van der Waals surface area (Å²) < 4.78 is 8.49. The summed E-state index contributed by atoms with van der Waals surface area (Å²) in [4.78, 5) is 14.8. The number of benzene rings is 6. The van der Waals surface area contributed by atoms with Crippen molar-refractivity contribution in [1.29, 1.82) is 0 Å². The van der Waals surface area contributed by atoms with E-state index in [4.69, 9.17) is 19.4 Å². The number of hydrogen-bond donors (Lipinski definition) is 0. The third kappa shape index (κ3) is 4.39. The minimum Gasteiger partial charge on any atom is -0.456 e. The lowest BCUT2D eigenvalue weighted by atomic mass is 9.98. The largest absolute Gasteiger partial charge is 0.456 e. The molecule has 0 unspecified atom stereocenters. The van der Waals surface area contributed by atoms with E-state index in [-0.39, 0.29) is 0 Å². The normalized spacial score (nSPS) is 11.8. The lowest BCUT2D eigenvalue weighted by Crippen LogP contribution is -1.95. The molecule has 11 aromatic rings. The number of pyridine rings is 3. The predicted octanol–water partition coefficient (Wildman–Crippen LogP) is 12.2. The van der Waals surface area contributed by atoms with Crippen LogP contribution in [0.1, 0.15) is 0 Å². The van der Waals surface area contributed by atoms with Gasteiger partial charge in [0.05, 0.1) is 22.2 Å². The van der Waals surface area contributed by atoms with Gasteiger partial charge in [0.25, 0.3) is 0 Å². The molecular weight excluding hydrogens is 637 g/mol. The van der Waals surface area contributed by atoms with E-state index in [1.54, 1.807) is 0 Å². The fourth-order valence-corrected chi connectivity index (χ4v) is 7.80. The fraction of sp³-hybridized carbons (Fsp3) is 0. The molecule has 0 saturated carbocycles. The first-order valence-electron chi connectivity index (χ1n) is 17.4. The molecule has 0 aliphatic carbocycles. The van der Waals surface area contributed by atoms with Gasteiger partial charge >= 0.3 is 0 Å². The summed E-state index contributed by atoms with van der Waals surface area (Å²) in [5.74, 6) is 0. The van der Waals surface area contributed by atoms with E-state index in [9.17, 15) is 0 Å². The van der Waals surface area contributed by atoms with Crippen LogP contribution in [0.5, 0.6) is 0 Å². The molecule has 5 aromatic heterocycles. The highest BCUT2D eigenvalue weighted by Crippen LogP contribution is 2.36. The molecule has 0 amide bonds. The minimum atomic E-state index is 0.791. The molecule has 0 bridgehead atoms. The molecule has 0 fully saturated rings. The molecule has 0 radical (unpaired) electrons. The van der Waals surface area contributed by atoms with Gasteiger partial charge in [-0.3, -0.25) is 9.97 Å². The topological polar surface area (TPSA) is 56.7 Å². The van der Waals surface area contributed by atoms with Crippen LogP contribution in [-0.2, 0) is 0 Å². The summed E-state index contributed by atoms with van der Waals surface area (Å²) in [6.45, 7) is 0. The second kappa shape index (κ2) is 11.2. The minimum absolute atomic E-state index is 0.791. The lowest BCUT2D eigenvalue weighted by Gasteiger charge is -2.11. The summed E-state index contributed by atoms with van der Waals surface area (Å²) in [7, 11) is 0. The first kappa shape index (κ1) is 28.7. The Hall–Kier alpha value is -7.11. The maximum atomic E-state index is 6.16. The average Bonchev–Trinajstić information content (AvgIpc) is 3.76. The Morgan fingerprint density at radius 2 is 1.10 bits per heavy atom. The third-order valence-electron chi connectivity index (χ3n) is 10.3. The maximum absolute atomic E-state index is 6.16. The Morgan fingerprint density at radius 1 is 0.442 bits per heavy atom. The van der Waals surface area contributed by atoms with Crippen molar-refractivity contribution in [3.63, 3.8) is 0 Å². The van der Waals surface area contributed by atoms with Crippen molar-refractivity contribution in [2.45, 2.75) is 0 Å². The van der Waals surface area contributed by atoms with Crippen molar-refractivity contribution < 1.29 is 4.42 Å². The molecular formula is C47H28N4O. The van der Waals surface area contributed by atoms with Gasteiger partial charge in [-0.25, -0.2) is 4.98 Å². The summed E-state index contributed by atoms with van der Waals surface area (Å²) in [6, 6.07) is 55.2. The van der Waals surface area contributed by atoms with Crippen LogP contribution in [0.3, 0.4) is 0 Å². The molecule has 0 saturated heterocycles. The number of hydrogen-bond acceptors (Lipinski definition) is 4. The molecule has 6 aromatic carbocycles. The van der Waals surface area contributed by atoms with E-state index in [0.717, 1.165) is 83.1 Å². The SMILES string of the molecule is c1ccc2c(c1)oc1cc(-c3ccc(-c4ccnc5c4cnc4ccc(-c6ccc(-n7c8ccccc8c8ccccc87)cc6)nc45)cc3)ccc12. The zero-order valence-electron chi connectivity index (χ0n) is 27.9. The van der Waals surface area contributed by atoms with E-state index < -0.39 is 0 Å². The van der Waals surface area contributed by atoms with Crippen LogP contribution in [0.2, 0.25) is 0 Å². The van der Waals surface area contributed by atoms with Gasteiger partial charge in [0.1, 0.15) is 22.2 Å². The summed E-state index contributed by atoms with van der Waals surface area (Å²) >= 11 is 0. The van der Waals surface area contributed by atoms with Crippen LogP contribution in [0, 0.1) is 0 Å². The third-order valence-corrected chi connectivity index (χ3v) is 10.3. The number of rotatable bonds is 4. The van der Waals surface area contributed by atoms with Gasteiger partial charge in [-0.1, -0.05) is 97.1 Å². The number of para-hydroxylation sites is 3.